The third-order valence-electron chi connectivity index (χ3n) is 3.70. The second-order valence-electron chi connectivity index (χ2n) is 5.21. The highest BCUT2D eigenvalue weighted by Gasteiger charge is 2.15. The molecule has 4 rings (SSSR count). The molecule has 2 N–H and O–H groups in total. The Bertz CT molecular complexity index is 998. The topological polar surface area (TPSA) is 88.0 Å². The van der Waals surface area contributed by atoms with Crippen LogP contribution in [0.4, 0.5) is 0 Å². The number of carbonyl (C=O) groups is 1. The quantitative estimate of drug-likeness (QED) is 0.600. The molecular weight excluding hydrogens is 312 g/mol. The zero-order valence-electron chi connectivity index (χ0n) is 12.4. The van der Waals surface area contributed by atoms with Gasteiger partial charge in [-0.15, -0.1) is 15.3 Å². The summed E-state index contributed by atoms with van der Waals surface area (Å²) in [6.07, 6.45) is 2.75. The first-order valence-corrected chi connectivity index (χ1v) is 8.06. The predicted molar refractivity (Wildman–Crippen MR) is 87.7 cm³/mol. The van der Waals surface area contributed by atoms with E-state index in [-0.39, 0.29) is 5.91 Å². The maximum atomic E-state index is 12.2. The minimum absolute atomic E-state index is 0.181. The maximum Gasteiger partial charge on any atom is 0.282 e. The molecule has 8 heteroatoms. The van der Waals surface area contributed by atoms with Crippen LogP contribution in [0.3, 0.4) is 0 Å². The number of benzene rings is 1. The molecule has 3 aromatic heterocycles. The first-order chi connectivity index (χ1) is 11.2. The van der Waals surface area contributed by atoms with Gasteiger partial charge >= 0.3 is 0 Å². The van der Waals surface area contributed by atoms with Crippen LogP contribution < -0.4 is 5.32 Å². The van der Waals surface area contributed by atoms with E-state index in [2.05, 4.69) is 31.7 Å². The fraction of sp³-hybridized carbons (Fsp3) is 0.200. The number of aromatic amines is 1. The fourth-order valence-electron chi connectivity index (χ4n) is 2.53. The lowest BCUT2D eigenvalue weighted by Gasteiger charge is -2.02. The summed E-state index contributed by atoms with van der Waals surface area (Å²) < 4.78 is 1.58. The highest BCUT2D eigenvalue weighted by molar-refractivity contribution is 7.18. The molecule has 1 aromatic carbocycles. The van der Waals surface area contributed by atoms with Crippen LogP contribution in [-0.2, 0) is 6.42 Å². The number of nitrogens with zero attached hydrogens (tertiary/aromatic N) is 4. The lowest BCUT2D eigenvalue weighted by Crippen LogP contribution is -2.25. The number of nitrogens with one attached hydrogen (secondary N) is 2. The molecule has 0 bridgehead atoms. The number of H-pyrrole nitrogens is 1. The number of rotatable bonds is 4. The van der Waals surface area contributed by atoms with E-state index in [9.17, 15) is 4.79 Å². The van der Waals surface area contributed by atoms with Crippen molar-refractivity contribution in [3.63, 3.8) is 0 Å². The molecule has 0 spiro atoms. The Balaban J connectivity index is 1.43. The van der Waals surface area contributed by atoms with E-state index >= 15 is 0 Å². The molecule has 0 saturated carbocycles. The summed E-state index contributed by atoms with van der Waals surface area (Å²) in [6.45, 7) is 2.36. The van der Waals surface area contributed by atoms with Crippen LogP contribution in [-0.4, -0.2) is 37.2 Å². The summed E-state index contributed by atoms with van der Waals surface area (Å²) in [5, 5.41) is 16.6. The second kappa shape index (κ2) is 5.47. The molecule has 0 atom stereocenters. The Hall–Kier alpha value is -2.74. The van der Waals surface area contributed by atoms with Gasteiger partial charge in [0.25, 0.3) is 5.91 Å². The Labute approximate surface area is 135 Å². The van der Waals surface area contributed by atoms with Crippen molar-refractivity contribution in [1.29, 1.82) is 0 Å². The normalized spacial score (nSPS) is 11.3. The monoisotopic (exact) mass is 326 g/mol. The predicted octanol–water partition coefficient (Wildman–Crippen LogP) is 1.95. The molecule has 4 aromatic rings. The number of amides is 1. The van der Waals surface area contributed by atoms with Gasteiger partial charge in [0.15, 0.2) is 5.82 Å². The van der Waals surface area contributed by atoms with E-state index in [4.69, 9.17) is 0 Å². The molecule has 0 fully saturated rings. The number of hydrogen-bond donors (Lipinski definition) is 2. The van der Waals surface area contributed by atoms with Crippen LogP contribution >= 0.6 is 11.3 Å². The molecule has 0 aliphatic carbocycles. The highest BCUT2D eigenvalue weighted by Crippen LogP contribution is 2.18. The molecule has 7 nitrogen and oxygen atoms in total. The molecule has 23 heavy (non-hydrogen) atoms. The number of aromatic nitrogens is 5. The first-order valence-electron chi connectivity index (χ1n) is 7.24. The van der Waals surface area contributed by atoms with Gasteiger partial charge in [0.05, 0.1) is 0 Å². The van der Waals surface area contributed by atoms with Gasteiger partial charge in [-0.25, -0.2) is 0 Å². The third kappa shape index (κ3) is 2.46. The van der Waals surface area contributed by atoms with Crippen molar-refractivity contribution in [2.75, 3.05) is 6.54 Å². The van der Waals surface area contributed by atoms with E-state index in [1.807, 2.05) is 24.4 Å². The minimum Gasteiger partial charge on any atom is -0.361 e. The number of aryl methyl sites for hydroxylation is 1. The van der Waals surface area contributed by atoms with E-state index in [0.29, 0.717) is 22.3 Å². The molecule has 0 aliphatic heterocycles. The second-order valence-corrected chi connectivity index (χ2v) is 6.17. The summed E-state index contributed by atoms with van der Waals surface area (Å²) in [5.41, 5.74) is 2.30. The average molecular weight is 326 g/mol. The molecule has 116 valence electrons. The molecule has 0 aliphatic rings. The van der Waals surface area contributed by atoms with Crippen LogP contribution in [0, 0.1) is 6.92 Å². The molecule has 0 radical (unpaired) electrons. The third-order valence-corrected chi connectivity index (χ3v) is 4.59. The average Bonchev–Trinajstić information content (AvgIpc) is 3.24. The van der Waals surface area contributed by atoms with Crippen LogP contribution in [0.15, 0.2) is 30.5 Å². The molecule has 0 unspecified atom stereocenters. The van der Waals surface area contributed by atoms with Gasteiger partial charge in [-0.1, -0.05) is 29.5 Å². The van der Waals surface area contributed by atoms with E-state index in [0.717, 1.165) is 11.9 Å². The number of para-hydroxylation sites is 1. The molecular formula is C15H14N6OS. The Morgan fingerprint density at radius 3 is 3.09 bits per heavy atom. The van der Waals surface area contributed by atoms with Gasteiger partial charge in [0.1, 0.15) is 0 Å². The zero-order chi connectivity index (χ0) is 15.8. The Morgan fingerprint density at radius 1 is 1.35 bits per heavy atom. The summed E-state index contributed by atoms with van der Waals surface area (Å²) >= 11 is 1.24. The Morgan fingerprint density at radius 2 is 2.22 bits per heavy atom. The van der Waals surface area contributed by atoms with Crippen molar-refractivity contribution in [3.05, 3.63) is 46.9 Å². The lowest BCUT2D eigenvalue weighted by molar-refractivity contribution is 0.0952. The van der Waals surface area contributed by atoms with Gasteiger partial charge in [-0.3, -0.25) is 4.79 Å². The lowest BCUT2D eigenvalue weighted by atomic mass is 10.1. The van der Waals surface area contributed by atoms with Crippen molar-refractivity contribution < 1.29 is 4.79 Å². The summed E-state index contributed by atoms with van der Waals surface area (Å²) in [6, 6.07) is 8.13. The smallest absolute Gasteiger partial charge is 0.282 e. The van der Waals surface area contributed by atoms with E-state index < -0.39 is 0 Å². The SMILES string of the molecule is Cc1nnc2sc(C(=O)NCCc3c[nH]c4ccccc34)nn12. The van der Waals surface area contributed by atoms with Crippen LogP contribution in [0.5, 0.6) is 0 Å². The van der Waals surface area contributed by atoms with Crippen LogP contribution in [0.2, 0.25) is 0 Å². The van der Waals surface area contributed by atoms with Crippen LogP contribution in [0.25, 0.3) is 15.9 Å². The molecule has 0 saturated heterocycles. The molecule has 1 amide bonds. The van der Waals surface area contributed by atoms with E-state index in [1.165, 1.54) is 22.3 Å². The zero-order valence-corrected chi connectivity index (χ0v) is 13.2. The van der Waals surface area contributed by atoms with Gasteiger partial charge < -0.3 is 10.3 Å². The largest absolute Gasteiger partial charge is 0.361 e. The highest BCUT2D eigenvalue weighted by atomic mass is 32.1. The van der Waals surface area contributed by atoms with Gasteiger partial charge in [0.2, 0.25) is 9.97 Å². The van der Waals surface area contributed by atoms with Crippen molar-refractivity contribution in [3.8, 4) is 0 Å². The maximum absolute atomic E-state index is 12.2. The van der Waals surface area contributed by atoms with Crippen molar-refractivity contribution in [2.45, 2.75) is 13.3 Å². The van der Waals surface area contributed by atoms with Gasteiger partial charge in [0, 0.05) is 23.6 Å². The number of carbonyl (C=O) groups excluding carboxylic acids is 1. The Kier molecular flexibility index (Phi) is 3.30. The molecule has 3 heterocycles. The number of hydrogen-bond acceptors (Lipinski definition) is 5. The van der Waals surface area contributed by atoms with Crippen molar-refractivity contribution in [2.24, 2.45) is 0 Å². The number of fused-ring (bicyclic) bond motifs is 2. The summed E-state index contributed by atoms with van der Waals surface area (Å²) in [5.74, 6) is 0.494. The fourth-order valence-corrected chi connectivity index (χ4v) is 3.33. The standard InChI is InChI=1S/C15H14N6OS/c1-9-18-19-15-21(9)20-14(23-15)13(22)16-7-6-10-8-17-12-5-3-2-4-11(10)12/h2-5,8,17H,6-7H2,1H3,(H,16,22). The first kappa shape index (κ1) is 13.9. The van der Waals surface area contributed by atoms with Crippen molar-refractivity contribution >= 4 is 33.1 Å². The summed E-state index contributed by atoms with van der Waals surface area (Å²) in [7, 11) is 0. The van der Waals surface area contributed by atoms with Crippen LogP contribution in [0.1, 0.15) is 21.2 Å². The van der Waals surface area contributed by atoms with E-state index in [1.54, 1.807) is 11.4 Å². The van der Waals surface area contributed by atoms with Gasteiger partial charge in [-0.05, 0) is 25.0 Å². The van der Waals surface area contributed by atoms with Gasteiger partial charge in [-0.2, -0.15) is 4.52 Å². The summed E-state index contributed by atoms with van der Waals surface area (Å²) in [4.78, 5) is 16.0. The van der Waals surface area contributed by atoms with Crippen molar-refractivity contribution in [1.82, 2.24) is 30.1 Å². The minimum atomic E-state index is -0.181.